The van der Waals surface area contributed by atoms with Gasteiger partial charge in [-0.1, -0.05) is 37.5 Å². The second-order valence-corrected chi connectivity index (χ2v) is 5.81. The molecule has 0 amide bonds. The van der Waals surface area contributed by atoms with Gasteiger partial charge >= 0.3 is 0 Å². The molecule has 0 atom stereocenters. The van der Waals surface area contributed by atoms with E-state index in [0.717, 1.165) is 15.5 Å². The van der Waals surface area contributed by atoms with Crippen LogP contribution in [-0.2, 0) is 8.67 Å². The Bertz CT molecular complexity index is 494. The van der Waals surface area contributed by atoms with Gasteiger partial charge in [0, 0.05) is 5.69 Å². The van der Waals surface area contributed by atoms with Crippen molar-refractivity contribution in [2.75, 3.05) is 0 Å². The average molecular weight is 233 g/mol. The number of aromatic nitrogens is 1. The van der Waals surface area contributed by atoms with E-state index < -0.39 is 10.6 Å². The lowest BCUT2D eigenvalue weighted by atomic mass is 10.4. The molecule has 0 aliphatic carbocycles. The lowest BCUT2D eigenvalue weighted by Crippen LogP contribution is -1.88. The maximum absolute atomic E-state index is 5.25. The van der Waals surface area contributed by atoms with Crippen LogP contribution in [0.2, 0.25) is 0 Å². The second kappa shape index (κ2) is 3.59. The molecule has 1 fully saturated rings. The molecule has 0 radical (unpaired) electrons. The zero-order valence-corrected chi connectivity index (χ0v) is 9.61. The molecule has 3 nitrogen and oxygen atoms in total. The first-order chi connectivity index (χ1) is 7.81. The predicted octanol–water partition coefficient (Wildman–Crippen LogP) is 3.40. The van der Waals surface area contributed by atoms with Gasteiger partial charge in [0.2, 0.25) is 0 Å². The first-order valence-corrected chi connectivity index (χ1v) is 6.48. The molecule has 0 saturated carbocycles. The van der Waals surface area contributed by atoms with Gasteiger partial charge in [-0.2, -0.15) is 0 Å². The zero-order valence-electron chi connectivity index (χ0n) is 8.79. The first kappa shape index (κ1) is 9.84. The highest BCUT2D eigenvalue weighted by Gasteiger charge is 2.43. The van der Waals surface area contributed by atoms with Crippen molar-refractivity contribution in [3.8, 4) is 0 Å². The molecule has 2 aromatic rings. The number of benzene rings is 1. The van der Waals surface area contributed by atoms with Crippen molar-refractivity contribution in [2.24, 2.45) is 0 Å². The number of rotatable bonds is 2. The lowest BCUT2D eigenvalue weighted by Gasteiger charge is -2.15. The predicted molar refractivity (Wildman–Crippen MR) is 61.7 cm³/mol. The fraction of sp³-hybridized carbons (Fsp3) is 0.0833. The number of aryl methyl sites for hydroxylation is 1. The number of pyridine rings is 1. The molecule has 1 saturated heterocycles. The molecule has 1 aromatic heterocycles. The summed E-state index contributed by atoms with van der Waals surface area (Å²) in [4.78, 5) is 6.35. The van der Waals surface area contributed by atoms with Gasteiger partial charge < -0.3 is 0 Å². The Morgan fingerprint density at radius 1 is 0.938 bits per heavy atom. The molecule has 0 unspecified atom stereocenters. The van der Waals surface area contributed by atoms with Gasteiger partial charge in [0.1, 0.15) is 0 Å². The summed E-state index contributed by atoms with van der Waals surface area (Å²) in [5.74, 6) is 0. The lowest BCUT2D eigenvalue weighted by molar-refractivity contribution is 0.0850. The highest BCUT2D eigenvalue weighted by Crippen LogP contribution is 2.76. The normalized spacial score (nSPS) is 19.1. The van der Waals surface area contributed by atoms with Crippen molar-refractivity contribution >= 4 is 10.6 Å². The minimum Gasteiger partial charge on any atom is -0.260 e. The fourth-order valence-electron chi connectivity index (χ4n) is 1.53. The van der Waals surface area contributed by atoms with Gasteiger partial charge in [-0.3, -0.25) is 4.98 Å². The molecule has 4 heteroatoms. The summed E-state index contributed by atoms with van der Waals surface area (Å²) >= 11 is 0. The van der Waals surface area contributed by atoms with Gasteiger partial charge in [0.15, 0.2) is 0 Å². The van der Waals surface area contributed by atoms with Gasteiger partial charge in [0.05, 0.1) is 16.0 Å². The summed E-state index contributed by atoms with van der Waals surface area (Å²) in [6.07, 6.45) is 1.82. The first-order valence-electron chi connectivity index (χ1n) is 5.00. The van der Waals surface area contributed by atoms with Crippen molar-refractivity contribution in [1.29, 1.82) is 0 Å². The molecule has 82 valence electrons. The summed E-state index contributed by atoms with van der Waals surface area (Å²) < 4.78 is 10.5. The van der Waals surface area contributed by atoms with E-state index in [0.29, 0.717) is 0 Å². The van der Waals surface area contributed by atoms with E-state index in [-0.39, 0.29) is 0 Å². The van der Waals surface area contributed by atoms with Crippen LogP contribution in [0.1, 0.15) is 5.69 Å². The quantitative estimate of drug-likeness (QED) is 0.589. The molecular formula is C12H11NO2S. The average Bonchev–Trinajstić information content (AvgIpc) is 3.13. The Morgan fingerprint density at radius 3 is 2.25 bits per heavy atom. The number of hydrogen-bond donors (Lipinski definition) is 0. The Balaban J connectivity index is 2.03. The summed E-state index contributed by atoms with van der Waals surface area (Å²) in [7, 11) is -1.67. The van der Waals surface area contributed by atoms with Gasteiger partial charge in [-0.25, -0.2) is 0 Å². The Hall–Kier alpha value is -1.36. The van der Waals surface area contributed by atoms with Crippen LogP contribution in [0.25, 0.3) is 0 Å². The van der Waals surface area contributed by atoms with Crippen LogP contribution in [0.15, 0.2) is 58.5 Å². The SMILES string of the molecule is Cc1ccc(S2(c3ccccc3)OO2)cn1. The highest BCUT2D eigenvalue weighted by molar-refractivity contribution is 8.29. The van der Waals surface area contributed by atoms with Gasteiger partial charge in [0.25, 0.3) is 0 Å². The van der Waals surface area contributed by atoms with E-state index in [1.165, 1.54) is 0 Å². The van der Waals surface area contributed by atoms with Crippen LogP contribution >= 0.6 is 10.6 Å². The van der Waals surface area contributed by atoms with E-state index in [1.54, 1.807) is 0 Å². The van der Waals surface area contributed by atoms with Crippen molar-refractivity contribution < 1.29 is 8.67 Å². The molecule has 1 aromatic carbocycles. The minimum atomic E-state index is -1.67. The van der Waals surface area contributed by atoms with Crippen LogP contribution in [0.3, 0.4) is 0 Å². The fourth-order valence-corrected chi connectivity index (χ4v) is 3.30. The summed E-state index contributed by atoms with van der Waals surface area (Å²) in [5.41, 5.74) is 0.993. The molecule has 1 aliphatic heterocycles. The van der Waals surface area contributed by atoms with E-state index in [1.807, 2.05) is 55.6 Å². The summed E-state index contributed by atoms with van der Waals surface area (Å²) in [5, 5.41) is 0. The van der Waals surface area contributed by atoms with Crippen LogP contribution in [0, 0.1) is 6.92 Å². The van der Waals surface area contributed by atoms with Crippen molar-refractivity contribution in [3.05, 3.63) is 54.4 Å². The Labute approximate surface area is 95.7 Å². The zero-order chi connectivity index (χ0) is 11.0. The second-order valence-electron chi connectivity index (χ2n) is 3.59. The third kappa shape index (κ3) is 1.51. The molecule has 16 heavy (non-hydrogen) atoms. The van der Waals surface area contributed by atoms with Gasteiger partial charge in [-0.15, -0.1) is 0 Å². The minimum absolute atomic E-state index is 0.993. The number of hydrogen-bond acceptors (Lipinski definition) is 3. The molecule has 3 rings (SSSR count). The Kier molecular flexibility index (Phi) is 2.21. The monoisotopic (exact) mass is 233 g/mol. The van der Waals surface area contributed by atoms with Crippen LogP contribution in [-0.4, -0.2) is 4.98 Å². The van der Waals surface area contributed by atoms with E-state index in [9.17, 15) is 0 Å². The molecule has 0 bridgehead atoms. The van der Waals surface area contributed by atoms with Crippen molar-refractivity contribution in [1.82, 2.24) is 4.98 Å². The third-order valence-electron chi connectivity index (χ3n) is 2.45. The van der Waals surface area contributed by atoms with Crippen LogP contribution < -0.4 is 0 Å². The molecule has 2 heterocycles. The number of nitrogens with zero attached hydrogens (tertiary/aromatic N) is 1. The highest BCUT2D eigenvalue weighted by atomic mass is 32.3. The maximum atomic E-state index is 5.25. The maximum Gasteiger partial charge on any atom is 0.0885 e. The van der Waals surface area contributed by atoms with Crippen molar-refractivity contribution in [2.45, 2.75) is 16.7 Å². The van der Waals surface area contributed by atoms with Crippen molar-refractivity contribution in [3.63, 3.8) is 0 Å². The summed E-state index contributed by atoms with van der Waals surface area (Å²) in [6, 6.07) is 14.0. The largest absolute Gasteiger partial charge is 0.260 e. The van der Waals surface area contributed by atoms with E-state index in [2.05, 4.69) is 4.98 Å². The molecule has 0 spiro atoms. The van der Waals surface area contributed by atoms with E-state index >= 15 is 0 Å². The Morgan fingerprint density at radius 2 is 1.69 bits per heavy atom. The standard InChI is InChI=1S/C12H11NO2S/c1-10-7-8-12(9-13-10)16(14-15-16)11-5-3-2-4-6-11/h2-9H,1H3. The van der Waals surface area contributed by atoms with Crippen LogP contribution in [0.4, 0.5) is 0 Å². The third-order valence-corrected chi connectivity index (χ3v) is 4.62. The molecule has 1 aliphatic rings. The smallest absolute Gasteiger partial charge is 0.0885 e. The molecule has 0 N–H and O–H groups in total. The molecular weight excluding hydrogens is 222 g/mol. The topological polar surface area (TPSA) is 38.0 Å². The van der Waals surface area contributed by atoms with E-state index in [4.69, 9.17) is 8.67 Å². The van der Waals surface area contributed by atoms with Crippen LogP contribution in [0.5, 0.6) is 0 Å². The summed E-state index contributed by atoms with van der Waals surface area (Å²) in [6.45, 7) is 1.96. The van der Waals surface area contributed by atoms with Gasteiger partial charge in [-0.05, 0) is 31.2 Å².